The van der Waals surface area contributed by atoms with Crippen LogP contribution >= 0.6 is 27.5 Å². The molecule has 2 rings (SSSR count). The maximum absolute atomic E-state index is 12.1. The maximum Gasteiger partial charge on any atom is 0.263 e. The van der Waals surface area contributed by atoms with E-state index in [2.05, 4.69) is 25.6 Å². The number of hydrogen-bond acceptors (Lipinski definition) is 3. The van der Waals surface area contributed by atoms with E-state index in [-0.39, 0.29) is 10.7 Å². The highest BCUT2D eigenvalue weighted by Crippen LogP contribution is 2.23. The lowest BCUT2D eigenvalue weighted by Gasteiger charge is -2.08. The van der Waals surface area contributed by atoms with Gasteiger partial charge in [0.2, 0.25) is 0 Å². The van der Waals surface area contributed by atoms with E-state index in [9.17, 15) is 8.42 Å². The Morgan fingerprint density at radius 3 is 2.67 bits per heavy atom. The smallest absolute Gasteiger partial charge is 0.262 e. The molecule has 0 atom stereocenters. The van der Waals surface area contributed by atoms with Crippen molar-refractivity contribution in [1.82, 2.24) is 4.98 Å². The summed E-state index contributed by atoms with van der Waals surface area (Å²) in [6, 6.07) is 9.41. The van der Waals surface area contributed by atoms with Gasteiger partial charge in [-0.15, -0.1) is 0 Å². The van der Waals surface area contributed by atoms with Gasteiger partial charge in [-0.3, -0.25) is 4.72 Å². The Hall–Kier alpha value is -1.11. The van der Waals surface area contributed by atoms with Crippen molar-refractivity contribution in [2.45, 2.75) is 4.90 Å². The van der Waals surface area contributed by atoms with E-state index >= 15 is 0 Å². The van der Waals surface area contributed by atoms with Gasteiger partial charge in [0.25, 0.3) is 10.0 Å². The number of pyridine rings is 1. The summed E-state index contributed by atoms with van der Waals surface area (Å²) in [5, 5.41) is 0.359. The second kappa shape index (κ2) is 5.26. The molecule has 0 aliphatic carbocycles. The van der Waals surface area contributed by atoms with E-state index in [0.29, 0.717) is 9.50 Å². The number of anilines is 1. The first-order valence-corrected chi connectivity index (χ1v) is 7.53. The molecule has 0 spiro atoms. The number of nitrogens with zero attached hydrogens (tertiary/aromatic N) is 1. The number of benzene rings is 1. The number of rotatable bonds is 3. The van der Waals surface area contributed by atoms with Crippen molar-refractivity contribution >= 4 is 43.4 Å². The predicted molar refractivity (Wildman–Crippen MR) is 74.2 cm³/mol. The Kier molecular flexibility index (Phi) is 3.89. The van der Waals surface area contributed by atoms with E-state index in [0.717, 1.165) is 0 Å². The molecule has 0 saturated heterocycles. The molecule has 4 nitrogen and oxygen atoms in total. The highest BCUT2D eigenvalue weighted by molar-refractivity contribution is 9.10. The Morgan fingerprint density at radius 1 is 1.22 bits per heavy atom. The molecule has 0 amide bonds. The third kappa shape index (κ3) is 3.01. The van der Waals surface area contributed by atoms with E-state index in [1.165, 1.54) is 18.3 Å². The normalized spacial score (nSPS) is 11.2. The van der Waals surface area contributed by atoms with Crippen LogP contribution in [-0.2, 0) is 10.0 Å². The summed E-state index contributed by atoms with van der Waals surface area (Å²) >= 11 is 8.99. The molecule has 0 saturated carbocycles. The van der Waals surface area contributed by atoms with Crippen molar-refractivity contribution in [3.63, 3.8) is 0 Å². The zero-order chi connectivity index (χ0) is 13.2. The molecule has 0 fully saturated rings. The Bertz CT molecular complexity index is 676. The van der Waals surface area contributed by atoms with Crippen LogP contribution in [-0.4, -0.2) is 13.4 Å². The lowest BCUT2D eigenvalue weighted by Crippen LogP contribution is -2.14. The zero-order valence-corrected chi connectivity index (χ0v) is 12.1. The van der Waals surface area contributed by atoms with Gasteiger partial charge >= 0.3 is 0 Å². The summed E-state index contributed by atoms with van der Waals surface area (Å²) in [4.78, 5) is 4.03. The second-order valence-corrected chi connectivity index (χ2v) is 6.37. The molecule has 0 bridgehead atoms. The SMILES string of the molecule is O=S(=O)(Nc1ncccc1Br)c1cccc(Cl)c1. The number of hydrogen-bond donors (Lipinski definition) is 1. The monoisotopic (exact) mass is 346 g/mol. The van der Waals surface area contributed by atoms with Crippen LogP contribution in [0.5, 0.6) is 0 Å². The first kappa shape index (κ1) is 13.3. The lowest BCUT2D eigenvalue weighted by atomic mass is 10.4. The van der Waals surface area contributed by atoms with Crippen molar-refractivity contribution in [1.29, 1.82) is 0 Å². The van der Waals surface area contributed by atoms with E-state index in [1.54, 1.807) is 24.3 Å². The summed E-state index contributed by atoms with van der Waals surface area (Å²) in [5.74, 6) is 0.234. The average molecular weight is 348 g/mol. The van der Waals surface area contributed by atoms with Crippen molar-refractivity contribution < 1.29 is 8.42 Å². The van der Waals surface area contributed by atoms with Crippen LogP contribution in [0.2, 0.25) is 5.02 Å². The third-order valence-corrected chi connectivity index (χ3v) is 4.31. The fourth-order valence-corrected chi connectivity index (χ4v) is 3.10. The molecule has 2 aromatic rings. The van der Waals surface area contributed by atoms with Gasteiger partial charge in [-0.2, -0.15) is 0 Å². The highest BCUT2D eigenvalue weighted by Gasteiger charge is 2.16. The highest BCUT2D eigenvalue weighted by atomic mass is 79.9. The minimum Gasteiger partial charge on any atom is -0.262 e. The number of aromatic nitrogens is 1. The number of sulfonamides is 1. The van der Waals surface area contributed by atoms with E-state index in [1.807, 2.05) is 0 Å². The van der Waals surface area contributed by atoms with Gasteiger partial charge in [-0.25, -0.2) is 13.4 Å². The first-order chi connectivity index (χ1) is 8.49. The summed E-state index contributed by atoms with van der Waals surface area (Å²) in [7, 11) is -3.69. The summed E-state index contributed by atoms with van der Waals surface area (Å²) < 4.78 is 27.1. The fraction of sp³-hybridized carbons (Fsp3) is 0. The summed E-state index contributed by atoms with van der Waals surface area (Å²) in [5.41, 5.74) is 0. The van der Waals surface area contributed by atoms with E-state index < -0.39 is 10.0 Å². The van der Waals surface area contributed by atoms with Gasteiger partial charge in [0.05, 0.1) is 9.37 Å². The van der Waals surface area contributed by atoms with Crippen LogP contribution in [0.15, 0.2) is 52.0 Å². The van der Waals surface area contributed by atoms with Crippen molar-refractivity contribution in [3.8, 4) is 0 Å². The molecule has 0 unspecified atom stereocenters. The van der Waals surface area contributed by atoms with Gasteiger partial charge in [-0.05, 0) is 46.3 Å². The molecular formula is C11H8BrClN2O2S. The molecule has 0 aliphatic heterocycles. The molecule has 0 radical (unpaired) electrons. The molecule has 94 valence electrons. The van der Waals surface area contributed by atoms with Crippen molar-refractivity contribution in [2.75, 3.05) is 4.72 Å². The summed E-state index contributed by atoms with van der Waals surface area (Å²) in [6.45, 7) is 0. The molecular weight excluding hydrogens is 340 g/mol. The molecule has 7 heteroatoms. The van der Waals surface area contributed by atoms with Gasteiger partial charge in [0.1, 0.15) is 0 Å². The maximum atomic E-state index is 12.1. The molecule has 1 heterocycles. The Balaban J connectivity index is 2.37. The molecule has 1 aromatic heterocycles. The summed E-state index contributed by atoms with van der Waals surface area (Å²) in [6.07, 6.45) is 1.50. The van der Waals surface area contributed by atoms with Crippen LogP contribution in [0.4, 0.5) is 5.82 Å². The first-order valence-electron chi connectivity index (χ1n) is 4.88. The Labute approximate surface area is 118 Å². The quantitative estimate of drug-likeness (QED) is 0.927. The van der Waals surface area contributed by atoms with Crippen LogP contribution in [0.25, 0.3) is 0 Å². The zero-order valence-electron chi connectivity index (χ0n) is 8.97. The van der Waals surface area contributed by atoms with Gasteiger partial charge < -0.3 is 0 Å². The molecule has 1 N–H and O–H groups in total. The number of halogens is 2. The topological polar surface area (TPSA) is 59.1 Å². The largest absolute Gasteiger partial charge is 0.263 e. The van der Waals surface area contributed by atoms with Crippen LogP contribution in [0.3, 0.4) is 0 Å². The molecule has 1 aromatic carbocycles. The van der Waals surface area contributed by atoms with Crippen molar-refractivity contribution in [2.24, 2.45) is 0 Å². The minimum atomic E-state index is -3.69. The number of nitrogens with one attached hydrogen (secondary N) is 1. The van der Waals surface area contributed by atoms with Gasteiger partial charge in [0, 0.05) is 11.2 Å². The van der Waals surface area contributed by atoms with Crippen LogP contribution in [0, 0.1) is 0 Å². The molecule has 0 aliphatic rings. The standard InChI is InChI=1S/C11H8BrClN2O2S/c12-10-5-2-6-14-11(10)15-18(16,17)9-4-1-3-8(13)7-9/h1-7H,(H,14,15). The minimum absolute atomic E-state index is 0.0903. The lowest BCUT2D eigenvalue weighted by molar-refractivity contribution is 0.601. The predicted octanol–water partition coefficient (Wildman–Crippen LogP) is 3.30. The van der Waals surface area contributed by atoms with Gasteiger partial charge in [-0.1, -0.05) is 17.7 Å². The van der Waals surface area contributed by atoms with Crippen LogP contribution < -0.4 is 4.72 Å². The molecule has 18 heavy (non-hydrogen) atoms. The van der Waals surface area contributed by atoms with E-state index in [4.69, 9.17) is 11.6 Å². The van der Waals surface area contributed by atoms with Crippen LogP contribution in [0.1, 0.15) is 0 Å². The van der Waals surface area contributed by atoms with Gasteiger partial charge in [0.15, 0.2) is 5.82 Å². The third-order valence-electron chi connectivity index (χ3n) is 2.10. The Morgan fingerprint density at radius 2 is 2.00 bits per heavy atom. The van der Waals surface area contributed by atoms with Crippen molar-refractivity contribution in [3.05, 3.63) is 52.1 Å². The average Bonchev–Trinajstić information content (AvgIpc) is 2.32. The fourth-order valence-electron chi connectivity index (χ4n) is 1.28. The second-order valence-electron chi connectivity index (χ2n) is 3.40.